The minimum absolute atomic E-state index is 0.501. The Labute approximate surface area is 164 Å². The first kappa shape index (κ1) is 18.0. The molecule has 0 fully saturated rings. The maximum atomic E-state index is 12.3. The van der Waals surface area contributed by atoms with E-state index in [4.69, 9.17) is 0 Å². The summed E-state index contributed by atoms with van der Waals surface area (Å²) in [7, 11) is -3.59. The summed E-state index contributed by atoms with van der Waals surface area (Å²) in [6.07, 6.45) is 5.49. The summed E-state index contributed by atoms with van der Waals surface area (Å²) in [5, 5.41) is 1.17. The third-order valence-corrected chi connectivity index (χ3v) is 5.37. The zero-order valence-corrected chi connectivity index (χ0v) is 16.1. The van der Waals surface area contributed by atoms with E-state index in [2.05, 4.69) is 9.71 Å². The number of fused-ring (bicyclic) bond motifs is 1. The number of benzene rings is 2. The van der Waals surface area contributed by atoms with Crippen molar-refractivity contribution in [1.29, 1.82) is 0 Å². The molecule has 6 heteroatoms. The van der Waals surface area contributed by atoms with Crippen LogP contribution in [0.25, 0.3) is 23.0 Å². The van der Waals surface area contributed by atoms with Crippen LogP contribution in [0.3, 0.4) is 0 Å². The molecule has 4 rings (SSSR count). The number of nitrogens with zero attached hydrogens (tertiary/aromatic N) is 2. The average Bonchev–Trinajstić information content (AvgIpc) is 3.13. The largest absolute Gasteiger partial charge is 0.306 e. The van der Waals surface area contributed by atoms with Gasteiger partial charge in [0.05, 0.1) is 11.1 Å². The molecule has 0 radical (unpaired) electrons. The first-order valence-electron chi connectivity index (χ1n) is 8.81. The number of nitrogens with one attached hydrogen (secondary N) is 1. The summed E-state index contributed by atoms with van der Waals surface area (Å²) in [4.78, 5) is 4.66. The van der Waals surface area contributed by atoms with Gasteiger partial charge in [0.25, 0.3) is 10.0 Å². The molecule has 0 unspecified atom stereocenters. The lowest BCUT2D eigenvalue weighted by Crippen LogP contribution is -2.08. The molecule has 5 nitrogen and oxygen atoms in total. The van der Waals surface area contributed by atoms with Gasteiger partial charge >= 0.3 is 0 Å². The molecular formula is C22H19N3O2S. The Morgan fingerprint density at radius 1 is 0.964 bits per heavy atom. The highest BCUT2D eigenvalue weighted by Crippen LogP contribution is 2.23. The van der Waals surface area contributed by atoms with Gasteiger partial charge < -0.3 is 4.40 Å². The van der Waals surface area contributed by atoms with Crippen LogP contribution in [-0.4, -0.2) is 17.8 Å². The van der Waals surface area contributed by atoms with Gasteiger partial charge in [0.2, 0.25) is 0 Å². The second-order valence-corrected chi connectivity index (χ2v) is 8.05. The number of hydrogen-bond acceptors (Lipinski definition) is 3. The first-order chi connectivity index (χ1) is 13.5. The second-order valence-electron chi connectivity index (χ2n) is 6.49. The molecule has 0 saturated carbocycles. The maximum Gasteiger partial charge on any atom is 0.255 e. The molecule has 0 aliphatic heterocycles. The van der Waals surface area contributed by atoms with E-state index in [1.807, 2.05) is 78.3 Å². The molecule has 2 heterocycles. The van der Waals surface area contributed by atoms with Crippen LogP contribution in [0.2, 0.25) is 0 Å². The molecule has 28 heavy (non-hydrogen) atoms. The number of imidazole rings is 1. The summed E-state index contributed by atoms with van der Waals surface area (Å²) in [6, 6.07) is 20.5. The minimum Gasteiger partial charge on any atom is -0.306 e. The number of rotatable bonds is 5. The molecule has 2 aromatic carbocycles. The highest BCUT2D eigenvalue weighted by Gasteiger charge is 2.08. The number of pyridine rings is 1. The van der Waals surface area contributed by atoms with Crippen molar-refractivity contribution in [3.05, 3.63) is 95.7 Å². The Morgan fingerprint density at radius 3 is 2.43 bits per heavy atom. The van der Waals surface area contributed by atoms with E-state index in [1.165, 1.54) is 5.41 Å². The number of anilines is 1. The quantitative estimate of drug-likeness (QED) is 0.537. The Hall–Kier alpha value is -3.38. The molecule has 1 N–H and O–H groups in total. The van der Waals surface area contributed by atoms with Gasteiger partial charge in [-0.25, -0.2) is 13.4 Å². The second kappa shape index (κ2) is 7.32. The molecule has 0 aliphatic carbocycles. The van der Waals surface area contributed by atoms with Gasteiger partial charge in [-0.05, 0) is 42.3 Å². The SMILES string of the molecule is Cc1cccn2cc(-c3ccc(NS(=O)(=O)/C=C/c4ccccc4)cc3)nc12. The Balaban J connectivity index is 1.52. The van der Waals surface area contributed by atoms with Crippen LogP contribution in [0.1, 0.15) is 11.1 Å². The van der Waals surface area contributed by atoms with Crippen molar-refractivity contribution in [3.63, 3.8) is 0 Å². The van der Waals surface area contributed by atoms with Crippen LogP contribution in [0.5, 0.6) is 0 Å². The Morgan fingerprint density at radius 2 is 1.71 bits per heavy atom. The summed E-state index contributed by atoms with van der Waals surface area (Å²) in [5.74, 6) is 0. The lowest BCUT2D eigenvalue weighted by molar-refractivity contribution is 0.609. The van der Waals surface area contributed by atoms with Gasteiger partial charge in [-0.3, -0.25) is 4.72 Å². The van der Waals surface area contributed by atoms with Crippen molar-refractivity contribution < 1.29 is 8.42 Å². The number of aryl methyl sites for hydroxylation is 1. The van der Waals surface area contributed by atoms with Crippen molar-refractivity contribution in [1.82, 2.24) is 9.38 Å². The predicted octanol–water partition coefficient (Wildman–Crippen LogP) is 4.72. The van der Waals surface area contributed by atoms with Gasteiger partial charge in [-0.1, -0.05) is 48.5 Å². The van der Waals surface area contributed by atoms with E-state index in [1.54, 1.807) is 18.2 Å². The van der Waals surface area contributed by atoms with E-state index in [-0.39, 0.29) is 0 Å². The van der Waals surface area contributed by atoms with E-state index in [0.29, 0.717) is 5.69 Å². The zero-order chi connectivity index (χ0) is 19.6. The molecule has 0 bridgehead atoms. The first-order valence-corrected chi connectivity index (χ1v) is 10.4. The fourth-order valence-electron chi connectivity index (χ4n) is 2.93. The number of aromatic nitrogens is 2. The van der Waals surface area contributed by atoms with Crippen molar-refractivity contribution in [2.45, 2.75) is 6.92 Å². The van der Waals surface area contributed by atoms with Crippen LogP contribution >= 0.6 is 0 Å². The smallest absolute Gasteiger partial charge is 0.255 e. The van der Waals surface area contributed by atoms with Crippen LogP contribution < -0.4 is 4.72 Å². The lowest BCUT2D eigenvalue weighted by atomic mass is 10.1. The predicted molar refractivity (Wildman–Crippen MR) is 113 cm³/mol. The van der Waals surface area contributed by atoms with Crippen LogP contribution in [-0.2, 0) is 10.0 Å². The molecule has 0 aliphatic rings. The van der Waals surface area contributed by atoms with Gasteiger partial charge in [0, 0.05) is 23.6 Å². The Bertz CT molecular complexity index is 1240. The molecule has 4 aromatic rings. The third kappa shape index (κ3) is 3.97. The van der Waals surface area contributed by atoms with Crippen molar-refractivity contribution in [2.75, 3.05) is 4.72 Å². The monoisotopic (exact) mass is 389 g/mol. The van der Waals surface area contributed by atoms with Crippen LogP contribution in [0, 0.1) is 6.92 Å². The van der Waals surface area contributed by atoms with Gasteiger partial charge in [-0.15, -0.1) is 0 Å². The lowest BCUT2D eigenvalue weighted by Gasteiger charge is -2.05. The maximum absolute atomic E-state index is 12.3. The number of sulfonamides is 1. The molecule has 0 spiro atoms. The summed E-state index contributed by atoms with van der Waals surface area (Å²) in [5.41, 5.74) is 5.10. The summed E-state index contributed by atoms with van der Waals surface area (Å²) in [6.45, 7) is 2.02. The van der Waals surface area contributed by atoms with E-state index in [0.717, 1.165) is 28.0 Å². The molecule has 0 amide bonds. The van der Waals surface area contributed by atoms with Gasteiger partial charge in [0.1, 0.15) is 5.65 Å². The average molecular weight is 389 g/mol. The molecule has 0 saturated heterocycles. The van der Waals surface area contributed by atoms with Crippen LogP contribution in [0.4, 0.5) is 5.69 Å². The topological polar surface area (TPSA) is 63.5 Å². The summed E-state index contributed by atoms with van der Waals surface area (Å²) < 4.78 is 29.1. The molecule has 0 atom stereocenters. The fourth-order valence-corrected chi connectivity index (χ4v) is 3.80. The summed E-state index contributed by atoms with van der Waals surface area (Å²) >= 11 is 0. The minimum atomic E-state index is -3.59. The standard InChI is InChI=1S/C22H19N3O2S/c1-17-6-5-14-25-16-21(23-22(17)25)19-9-11-20(12-10-19)24-28(26,27)15-13-18-7-3-2-4-8-18/h2-16,24H,1H3/b15-13+. The molecule has 2 aromatic heterocycles. The zero-order valence-electron chi connectivity index (χ0n) is 15.3. The van der Waals surface area contributed by atoms with Gasteiger partial charge in [0.15, 0.2) is 0 Å². The van der Waals surface area contributed by atoms with Crippen LogP contribution in [0.15, 0.2) is 84.5 Å². The fraction of sp³-hybridized carbons (Fsp3) is 0.0455. The van der Waals surface area contributed by atoms with E-state index < -0.39 is 10.0 Å². The van der Waals surface area contributed by atoms with Crippen molar-refractivity contribution >= 4 is 27.4 Å². The van der Waals surface area contributed by atoms with Crippen molar-refractivity contribution in [3.8, 4) is 11.3 Å². The molecule has 140 valence electrons. The highest BCUT2D eigenvalue weighted by atomic mass is 32.2. The van der Waals surface area contributed by atoms with E-state index >= 15 is 0 Å². The Kier molecular flexibility index (Phi) is 4.71. The molecular weight excluding hydrogens is 370 g/mol. The normalized spacial score (nSPS) is 11.9. The third-order valence-electron chi connectivity index (χ3n) is 4.36. The van der Waals surface area contributed by atoms with Crippen molar-refractivity contribution in [2.24, 2.45) is 0 Å². The highest BCUT2D eigenvalue weighted by molar-refractivity contribution is 7.95. The number of hydrogen-bond donors (Lipinski definition) is 1. The van der Waals surface area contributed by atoms with E-state index in [9.17, 15) is 8.42 Å². The van der Waals surface area contributed by atoms with Gasteiger partial charge in [-0.2, -0.15) is 0 Å².